The first-order chi connectivity index (χ1) is 14.5. The summed E-state index contributed by atoms with van der Waals surface area (Å²) in [5.74, 6) is 1.47. The Kier molecular flexibility index (Phi) is 6.20. The van der Waals surface area contributed by atoms with Crippen LogP contribution >= 0.6 is 23.4 Å². The van der Waals surface area contributed by atoms with Gasteiger partial charge in [0.05, 0.1) is 5.02 Å². The number of nitrogens with zero attached hydrogens (tertiary/aromatic N) is 2. The van der Waals surface area contributed by atoms with Crippen molar-refractivity contribution >= 4 is 41.3 Å². The first-order valence-corrected chi connectivity index (χ1v) is 10.8. The quantitative estimate of drug-likeness (QED) is 0.669. The van der Waals surface area contributed by atoms with Crippen molar-refractivity contribution in [2.75, 3.05) is 33.0 Å². The molecule has 2 heterocycles. The van der Waals surface area contributed by atoms with Gasteiger partial charge in [-0.15, -0.1) is 0 Å². The van der Waals surface area contributed by atoms with Gasteiger partial charge in [-0.3, -0.25) is 9.59 Å². The van der Waals surface area contributed by atoms with E-state index in [1.165, 1.54) is 11.8 Å². The molecule has 2 aliphatic rings. The first-order valence-electron chi connectivity index (χ1n) is 9.59. The van der Waals surface area contributed by atoms with Gasteiger partial charge >= 0.3 is 0 Å². The van der Waals surface area contributed by atoms with Crippen molar-refractivity contribution in [3.63, 3.8) is 0 Å². The number of halogens is 1. The van der Waals surface area contributed by atoms with Crippen molar-refractivity contribution in [2.24, 2.45) is 0 Å². The third kappa shape index (κ3) is 4.74. The Hall–Kier alpha value is -2.64. The minimum Gasteiger partial charge on any atom is -0.454 e. The van der Waals surface area contributed by atoms with Crippen LogP contribution in [-0.2, 0) is 9.59 Å². The predicted octanol–water partition coefficient (Wildman–Crippen LogP) is 3.92. The molecular formula is C22H21ClN2O4S. The lowest BCUT2D eigenvalue weighted by molar-refractivity contribution is -0.135. The number of benzene rings is 2. The highest BCUT2D eigenvalue weighted by molar-refractivity contribution is 7.99. The van der Waals surface area contributed by atoms with Gasteiger partial charge in [-0.2, -0.15) is 0 Å². The molecule has 0 atom stereocenters. The van der Waals surface area contributed by atoms with Gasteiger partial charge in [-0.1, -0.05) is 29.4 Å². The monoisotopic (exact) mass is 444 g/mol. The average molecular weight is 445 g/mol. The van der Waals surface area contributed by atoms with Crippen molar-refractivity contribution in [3.05, 3.63) is 53.1 Å². The van der Waals surface area contributed by atoms with E-state index in [4.69, 9.17) is 21.1 Å². The topological polar surface area (TPSA) is 59.1 Å². The zero-order chi connectivity index (χ0) is 21.1. The molecule has 0 unspecified atom stereocenters. The molecule has 2 amide bonds. The standard InChI is InChI=1S/C22H21ClN2O4S/c1-15(26)24-8-10-25(11-9-24)22(27)7-3-16-2-6-21(18(23)12-16)30-17-4-5-19-20(13-17)29-14-28-19/h2-7,12-13H,8-11,14H2,1H3/b7-3+. The van der Waals surface area contributed by atoms with Crippen LogP contribution < -0.4 is 9.47 Å². The normalized spacial score (nSPS) is 15.7. The number of carbonyl (C=O) groups is 2. The zero-order valence-electron chi connectivity index (χ0n) is 16.5. The number of hydrogen-bond donors (Lipinski definition) is 0. The summed E-state index contributed by atoms with van der Waals surface area (Å²) in [5, 5.41) is 0.613. The second kappa shape index (κ2) is 9.02. The molecule has 0 saturated carbocycles. The van der Waals surface area contributed by atoms with E-state index in [1.807, 2.05) is 36.4 Å². The molecule has 0 N–H and O–H groups in total. The Balaban J connectivity index is 1.37. The van der Waals surface area contributed by atoms with Crippen LogP contribution in [-0.4, -0.2) is 54.6 Å². The molecule has 2 aromatic rings. The van der Waals surface area contributed by atoms with Crippen LogP contribution in [0.15, 0.2) is 52.3 Å². The van der Waals surface area contributed by atoms with Gasteiger partial charge in [0, 0.05) is 49.0 Å². The maximum Gasteiger partial charge on any atom is 0.246 e. The largest absolute Gasteiger partial charge is 0.454 e. The minimum absolute atomic E-state index is 0.0472. The number of piperazine rings is 1. The van der Waals surface area contributed by atoms with Crippen molar-refractivity contribution < 1.29 is 19.1 Å². The van der Waals surface area contributed by atoms with E-state index in [2.05, 4.69) is 0 Å². The Morgan fingerprint density at radius 3 is 2.47 bits per heavy atom. The average Bonchev–Trinajstić information content (AvgIpc) is 3.21. The zero-order valence-corrected chi connectivity index (χ0v) is 18.0. The molecule has 0 radical (unpaired) electrons. The van der Waals surface area contributed by atoms with E-state index in [0.29, 0.717) is 31.2 Å². The van der Waals surface area contributed by atoms with Gasteiger partial charge in [-0.25, -0.2) is 0 Å². The van der Waals surface area contributed by atoms with Crippen molar-refractivity contribution in [1.82, 2.24) is 9.80 Å². The number of ether oxygens (including phenoxy) is 2. The highest BCUT2D eigenvalue weighted by Crippen LogP contribution is 2.40. The second-order valence-corrected chi connectivity index (χ2v) is 8.49. The summed E-state index contributed by atoms with van der Waals surface area (Å²) in [6.45, 7) is 4.05. The molecule has 0 aliphatic carbocycles. The SMILES string of the molecule is CC(=O)N1CCN(C(=O)/C=C/c2ccc(Sc3ccc4c(c3)OCO4)c(Cl)c2)CC1. The molecule has 0 bridgehead atoms. The maximum absolute atomic E-state index is 12.4. The summed E-state index contributed by atoms with van der Waals surface area (Å²) >= 11 is 8.00. The Labute approximate surface area is 184 Å². The van der Waals surface area contributed by atoms with Crippen molar-refractivity contribution in [2.45, 2.75) is 16.7 Å². The fraction of sp³-hybridized carbons (Fsp3) is 0.273. The van der Waals surface area contributed by atoms with Crippen LogP contribution in [0.4, 0.5) is 0 Å². The minimum atomic E-state index is -0.0619. The van der Waals surface area contributed by atoms with Gasteiger partial charge in [0.2, 0.25) is 18.6 Å². The van der Waals surface area contributed by atoms with E-state index < -0.39 is 0 Å². The summed E-state index contributed by atoms with van der Waals surface area (Å²) in [4.78, 5) is 29.2. The number of rotatable bonds is 4. The molecule has 156 valence electrons. The fourth-order valence-corrected chi connectivity index (χ4v) is 4.44. The van der Waals surface area contributed by atoms with Crippen LogP contribution in [0.3, 0.4) is 0 Å². The Morgan fingerprint density at radius 1 is 1.00 bits per heavy atom. The lowest BCUT2D eigenvalue weighted by Gasteiger charge is -2.33. The summed E-state index contributed by atoms with van der Waals surface area (Å²) in [5.41, 5.74) is 0.853. The highest BCUT2D eigenvalue weighted by atomic mass is 35.5. The molecule has 6 nitrogen and oxygen atoms in total. The summed E-state index contributed by atoms with van der Waals surface area (Å²) in [7, 11) is 0. The van der Waals surface area contributed by atoms with Crippen LogP contribution in [0.2, 0.25) is 5.02 Å². The smallest absolute Gasteiger partial charge is 0.246 e. The van der Waals surface area contributed by atoms with Gasteiger partial charge in [0.1, 0.15) is 0 Å². The molecule has 8 heteroatoms. The molecule has 30 heavy (non-hydrogen) atoms. The molecule has 2 aromatic carbocycles. The van der Waals surface area contributed by atoms with Crippen molar-refractivity contribution in [3.8, 4) is 11.5 Å². The van der Waals surface area contributed by atoms with Crippen LogP contribution in [0.1, 0.15) is 12.5 Å². The van der Waals surface area contributed by atoms with E-state index in [0.717, 1.165) is 26.9 Å². The third-order valence-electron chi connectivity index (χ3n) is 4.98. The van der Waals surface area contributed by atoms with Gasteiger partial charge < -0.3 is 19.3 Å². The highest BCUT2D eigenvalue weighted by Gasteiger charge is 2.20. The van der Waals surface area contributed by atoms with Gasteiger partial charge in [0.25, 0.3) is 0 Å². The number of carbonyl (C=O) groups excluding carboxylic acids is 2. The third-order valence-corrected chi connectivity index (χ3v) is 6.47. The van der Waals surface area contributed by atoms with Crippen LogP contribution in [0, 0.1) is 0 Å². The molecule has 0 spiro atoms. The predicted molar refractivity (Wildman–Crippen MR) is 116 cm³/mol. The maximum atomic E-state index is 12.4. The number of fused-ring (bicyclic) bond motifs is 1. The Morgan fingerprint density at radius 2 is 1.73 bits per heavy atom. The number of hydrogen-bond acceptors (Lipinski definition) is 5. The van der Waals surface area contributed by atoms with E-state index in [9.17, 15) is 9.59 Å². The summed E-state index contributed by atoms with van der Waals surface area (Å²) in [6.07, 6.45) is 3.32. The molecular weight excluding hydrogens is 424 g/mol. The lowest BCUT2D eigenvalue weighted by Crippen LogP contribution is -2.49. The van der Waals surface area contributed by atoms with Gasteiger partial charge in [-0.05, 0) is 42.0 Å². The Bertz CT molecular complexity index is 1000. The van der Waals surface area contributed by atoms with Crippen LogP contribution in [0.25, 0.3) is 6.08 Å². The summed E-state index contributed by atoms with van der Waals surface area (Å²) in [6, 6.07) is 11.5. The second-order valence-electron chi connectivity index (χ2n) is 6.97. The molecule has 1 saturated heterocycles. The van der Waals surface area contributed by atoms with E-state index in [1.54, 1.807) is 28.9 Å². The first kappa shape index (κ1) is 20.6. The van der Waals surface area contributed by atoms with E-state index >= 15 is 0 Å². The van der Waals surface area contributed by atoms with E-state index in [-0.39, 0.29) is 18.6 Å². The molecule has 1 fully saturated rings. The van der Waals surface area contributed by atoms with Crippen LogP contribution in [0.5, 0.6) is 11.5 Å². The fourth-order valence-electron chi connectivity index (χ4n) is 3.29. The molecule has 0 aromatic heterocycles. The van der Waals surface area contributed by atoms with Crippen molar-refractivity contribution in [1.29, 1.82) is 0 Å². The molecule has 4 rings (SSSR count). The molecule has 2 aliphatic heterocycles. The number of amides is 2. The lowest BCUT2D eigenvalue weighted by atomic mass is 10.2. The summed E-state index contributed by atoms with van der Waals surface area (Å²) < 4.78 is 10.8. The van der Waals surface area contributed by atoms with Gasteiger partial charge in [0.15, 0.2) is 11.5 Å².